The fraction of sp³-hybridized carbons (Fsp3) is 0.917. The van der Waals surface area contributed by atoms with Crippen LogP contribution in [-0.4, -0.2) is 42.4 Å². The van der Waals surface area contributed by atoms with E-state index in [0.717, 1.165) is 25.6 Å². The van der Waals surface area contributed by atoms with Gasteiger partial charge in [0.05, 0.1) is 7.11 Å². The summed E-state index contributed by atoms with van der Waals surface area (Å²) in [5.41, 5.74) is 0. The number of carbonyl (C=O) groups is 1. The molecule has 0 radical (unpaired) electrons. The van der Waals surface area contributed by atoms with Gasteiger partial charge in [0.2, 0.25) is 0 Å². The third kappa shape index (κ3) is 4.42. The number of hydrogen-bond acceptors (Lipinski definition) is 3. The van der Waals surface area contributed by atoms with Gasteiger partial charge in [-0.3, -0.25) is 4.79 Å². The SMILES string of the molecule is CCCC1CCN(CC(Br)C(=O)OC)CC1. The molecule has 0 aromatic carbocycles. The number of rotatable bonds is 5. The molecule has 0 spiro atoms. The molecular formula is C12H22BrNO2. The Kier molecular flexibility index (Phi) is 6.36. The Hall–Kier alpha value is -0.0900. The van der Waals surface area contributed by atoms with Crippen molar-refractivity contribution in [2.45, 2.75) is 37.4 Å². The van der Waals surface area contributed by atoms with Crippen molar-refractivity contribution in [3.05, 3.63) is 0 Å². The van der Waals surface area contributed by atoms with Crippen molar-refractivity contribution in [2.24, 2.45) is 5.92 Å². The molecule has 1 aliphatic rings. The van der Waals surface area contributed by atoms with Crippen molar-refractivity contribution >= 4 is 21.9 Å². The summed E-state index contributed by atoms with van der Waals surface area (Å²) in [6, 6.07) is 0. The lowest BCUT2D eigenvalue weighted by Gasteiger charge is -2.32. The van der Waals surface area contributed by atoms with Crippen molar-refractivity contribution in [1.29, 1.82) is 0 Å². The first-order valence-electron chi connectivity index (χ1n) is 6.11. The second-order valence-corrected chi connectivity index (χ2v) is 5.63. The Bertz CT molecular complexity index is 215. The fourth-order valence-electron chi connectivity index (χ4n) is 2.30. The van der Waals surface area contributed by atoms with E-state index in [1.165, 1.54) is 32.8 Å². The number of esters is 1. The van der Waals surface area contributed by atoms with E-state index in [-0.39, 0.29) is 10.8 Å². The van der Waals surface area contributed by atoms with Crippen LogP contribution in [0.25, 0.3) is 0 Å². The van der Waals surface area contributed by atoms with E-state index in [9.17, 15) is 4.79 Å². The molecule has 0 N–H and O–H groups in total. The molecule has 1 unspecified atom stereocenters. The minimum absolute atomic E-state index is 0.171. The monoisotopic (exact) mass is 291 g/mol. The van der Waals surface area contributed by atoms with Crippen LogP contribution < -0.4 is 0 Å². The molecule has 0 aliphatic carbocycles. The highest BCUT2D eigenvalue weighted by Gasteiger charge is 2.23. The van der Waals surface area contributed by atoms with Crippen molar-refractivity contribution in [3.8, 4) is 0 Å². The maximum atomic E-state index is 11.3. The van der Waals surface area contributed by atoms with E-state index >= 15 is 0 Å². The number of nitrogens with zero attached hydrogens (tertiary/aromatic N) is 1. The van der Waals surface area contributed by atoms with Gasteiger partial charge in [-0.1, -0.05) is 35.7 Å². The molecule has 0 aromatic rings. The summed E-state index contributed by atoms with van der Waals surface area (Å²) >= 11 is 3.37. The second-order valence-electron chi connectivity index (χ2n) is 4.52. The van der Waals surface area contributed by atoms with Gasteiger partial charge in [-0.2, -0.15) is 0 Å². The second kappa shape index (κ2) is 7.28. The smallest absolute Gasteiger partial charge is 0.320 e. The lowest BCUT2D eigenvalue weighted by atomic mass is 9.92. The molecule has 94 valence electrons. The molecule has 3 nitrogen and oxygen atoms in total. The predicted octanol–water partition coefficient (Wildman–Crippen LogP) is 2.44. The van der Waals surface area contributed by atoms with Crippen molar-refractivity contribution in [3.63, 3.8) is 0 Å². The summed E-state index contributed by atoms with van der Waals surface area (Å²) in [5.74, 6) is 0.726. The van der Waals surface area contributed by atoms with Crippen LogP contribution in [0.4, 0.5) is 0 Å². The van der Waals surface area contributed by atoms with Gasteiger partial charge in [0.15, 0.2) is 0 Å². The molecule has 0 bridgehead atoms. The van der Waals surface area contributed by atoms with Gasteiger partial charge in [0.1, 0.15) is 4.83 Å². The third-order valence-electron chi connectivity index (χ3n) is 3.28. The summed E-state index contributed by atoms with van der Waals surface area (Å²) < 4.78 is 4.70. The van der Waals surface area contributed by atoms with E-state index in [4.69, 9.17) is 4.74 Å². The molecule has 1 heterocycles. The molecule has 1 rings (SSSR count). The van der Waals surface area contributed by atoms with E-state index in [0.29, 0.717) is 0 Å². The van der Waals surface area contributed by atoms with Crippen LogP contribution in [0.15, 0.2) is 0 Å². The minimum Gasteiger partial charge on any atom is -0.468 e. The number of alkyl halides is 1. The molecule has 1 saturated heterocycles. The van der Waals surface area contributed by atoms with Crippen LogP contribution in [0, 0.1) is 5.92 Å². The van der Waals surface area contributed by atoms with Crippen LogP contribution in [-0.2, 0) is 9.53 Å². The summed E-state index contributed by atoms with van der Waals surface area (Å²) in [6.07, 6.45) is 5.18. The summed E-state index contributed by atoms with van der Waals surface area (Å²) in [6.45, 7) is 5.25. The van der Waals surface area contributed by atoms with Gasteiger partial charge in [-0.05, 0) is 31.8 Å². The van der Waals surface area contributed by atoms with Gasteiger partial charge < -0.3 is 9.64 Å². The first-order valence-corrected chi connectivity index (χ1v) is 7.03. The Balaban J connectivity index is 2.24. The minimum atomic E-state index is -0.180. The average molecular weight is 292 g/mol. The number of methoxy groups -OCH3 is 1. The van der Waals surface area contributed by atoms with E-state index in [2.05, 4.69) is 27.8 Å². The third-order valence-corrected chi connectivity index (χ3v) is 3.94. The molecule has 1 atom stereocenters. The zero-order valence-corrected chi connectivity index (χ0v) is 11.8. The number of ether oxygens (including phenoxy) is 1. The maximum absolute atomic E-state index is 11.3. The van der Waals surface area contributed by atoms with E-state index < -0.39 is 0 Å². The molecular weight excluding hydrogens is 270 g/mol. The molecule has 16 heavy (non-hydrogen) atoms. The molecule has 0 saturated carbocycles. The highest BCUT2D eigenvalue weighted by Crippen LogP contribution is 2.22. The zero-order valence-electron chi connectivity index (χ0n) is 10.2. The fourth-order valence-corrected chi connectivity index (χ4v) is 2.89. The average Bonchev–Trinajstić information content (AvgIpc) is 2.31. The number of likely N-dealkylation sites (tertiary alicyclic amines) is 1. The van der Waals surface area contributed by atoms with Crippen molar-refractivity contribution in [2.75, 3.05) is 26.7 Å². The predicted molar refractivity (Wildman–Crippen MR) is 68.8 cm³/mol. The van der Waals surface area contributed by atoms with Gasteiger partial charge in [-0.25, -0.2) is 0 Å². The molecule has 1 fully saturated rings. The first kappa shape index (κ1) is 14.0. The van der Waals surface area contributed by atoms with Crippen LogP contribution in [0.2, 0.25) is 0 Å². The van der Waals surface area contributed by atoms with E-state index in [1.807, 2.05) is 0 Å². The Morgan fingerprint density at radius 3 is 2.62 bits per heavy atom. The van der Waals surface area contributed by atoms with E-state index in [1.54, 1.807) is 0 Å². The normalized spacial score (nSPS) is 20.7. The molecule has 0 aromatic heterocycles. The lowest BCUT2D eigenvalue weighted by molar-refractivity contribution is -0.140. The van der Waals surface area contributed by atoms with Gasteiger partial charge in [0, 0.05) is 6.54 Å². The zero-order chi connectivity index (χ0) is 12.0. The largest absolute Gasteiger partial charge is 0.468 e. The van der Waals surface area contributed by atoms with Crippen LogP contribution >= 0.6 is 15.9 Å². The number of hydrogen-bond donors (Lipinski definition) is 0. The summed E-state index contributed by atoms with van der Waals surface area (Å²) in [7, 11) is 1.43. The lowest BCUT2D eigenvalue weighted by Crippen LogP contribution is -2.39. The number of halogens is 1. The van der Waals surface area contributed by atoms with Crippen LogP contribution in [0.3, 0.4) is 0 Å². The Morgan fingerprint density at radius 1 is 1.50 bits per heavy atom. The maximum Gasteiger partial charge on any atom is 0.320 e. The van der Waals surface area contributed by atoms with Crippen LogP contribution in [0.1, 0.15) is 32.6 Å². The molecule has 1 aliphatic heterocycles. The summed E-state index contributed by atoms with van der Waals surface area (Å²) in [5, 5.41) is 0. The topological polar surface area (TPSA) is 29.5 Å². The number of piperidine rings is 1. The summed E-state index contributed by atoms with van der Waals surface area (Å²) in [4.78, 5) is 13.4. The van der Waals surface area contributed by atoms with Crippen molar-refractivity contribution < 1.29 is 9.53 Å². The number of carbonyl (C=O) groups excluding carboxylic acids is 1. The molecule has 4 heteroatoms. The van der Waals surface area contributed by atoms with Crippen molar-refractivity contribution in [1.82, 2.24) is 4.90 Å². The van der Waals surface area contributed by atoms with Gasteiger partial charge in [-0.15, -0.1) is 0 Å². The van der Waals surface area contributed by atoms with Crippen LogP contribution in [0.5, 0.6) is 0 Å². The molecule has 0 amide bonds. The Morgan fingerprint density at radius 2 is 2.12 bits per heavy atom. The highest BCUT2D eigenvalue weighted by atomic mass is 79.9. The highest BCUT2D eigenvalue weighted by molar-refractivity contribution is 9.10. The first-order chi connectivity index (χ1) is 7.67. The standard InChI is InChI=1S/C12H22BrNO2/c1-3-4-10-5-7-14(8-6-10)9-11(13)12(15)16-2/h10-11H,3-9H2,1-2H3. The van der Waals surface area contributed by atoms with Gasteiger partial charge >= 0.3 is 5.97 Å². The van der Waals surface area contributed by atoms with Gasteiger partial charge in [0.25, 0.3) is 0 Å². The Labute approximate surface area is 107 Å². The quantitative estimate of drug-likeness (QED) is 0.576.